The van der Waals surface area contributed by atoms with Crippen LogP contribution in [-0.2, 0) is 0 Å². The van der Waals surface area contributed by atoms with Gasteiger partial charge in [-0.05, 0) is 35.8 Å². The summed E-state index contributed by atoms with van der Waals surface area (Å²) >= 11 is 0. The molecule has 0 radical (unpaired) electrons. The fourth-order valence-electron chi connectivity index (χ4n) is 2.98. The highest BCUT2D eigenvalue weighted by Gasteiger charge is 2.16. The van der Waals surface area contributed by atoms with Gasteiger partial charge in [0.05, 0.1) is 11.3 Å². The molecule has 1 aromatic heterocycles. The molecule has 0 aliphatic heterocycles. The van der Waals surface area contributed by atoms with Gasteiger partial charge in [0.25, 0.3) is 0 Å². The Morgan fingerprint density at radius 2 is 1.75 bits per heavy atom. The van der Waals surface area contributed by atoms with Gasteiger partial charge in [-0.3, -0.25) is 4.79 Å². The van der Waals surface area contributed by atoms with Gasteiger partial charge in [0.15, 0.2) is 0 Å². The van der Waals surface area contributed by atoms with Gasteiger partial charge >= 0.3 is 5.63 Å². The van der Waals surface area contributed by atoms with Crippen LogP contribution >= 0.6 is 0 Å². The van der Waals surface area contributed by atoms with Gasteiger partial charge in [-0.1, -0.05) is 36.9 Å². The molecule has 3 rings (SSSR count). The van der Waals surface area contributed by atoms with Crippen LogP contribution in [0.3, 0.4) is 0 Å². The van der Waals surface area contributed by atoms with Crippen molar-refractivity contribution < 1.29 is 9.21 Å². The molecule has 0 bridgehead atoms. The zero-order chi connectivity index (χ0) is 20.4. The Bertz CT molecular complexity index is 1150. The molecule has 0 aliphatic rings. The number of carbonyl (C=O) groups is 1. The van der Waals surface area contributed by atoms with E-state index in [1.54, 1.807) is 18.2 Å². The van der Waals surface area contributed by atoms with E-state index in [-0.39, 0.29) is 5.56 Å². The first-order valence-corrected chi connectivity index (χ1v) is 8.78. The Balaban J connectivity index is 2.05. The molecule has 0 saturated heterocycles. The van der Waals surface area contributed by atoms with Gasteiger partial charge in [-0.15, -0.1) is 0 Å². The second kappa shape index (κ2) is 7.56. The van der Waals surface area contributed by atoms with Crippen LogP contribution in [0.15, 0.2) is 63.8 Å². The third-order valence-corrected chi connectivity index (χ3v) is 4.68. The summed E-state index contributed by atoms with van der Waals surface area (Å²) in [6.45, 7) is 5.91. The van der Waals surface area contributed by atoms with Crippen molar-refractivity contribution in [3.63, 3.8) is 0 Å². The standard InChI is InChI=1S/C23H22N2O3/c1-14(11-16-5-7-17(13-26)8-6-16)15(2)21-22(24)19-10-9-18(25(3)4)12-20(19)28-23(21)27/h5-13H,2,24H2,1,3-4H3/b14-11+. The summed E-state index contributed by atoms with van der Waals surface area (Å²) in [6, 6.07) is 12.7. The first kappa shape index (κ1) is 19.2. The molecule has 5 nitrogen and oxygen atoms in total. The van der Waals surface area contributed by atoms with Crippen LogP contribution in [0.1, 0.15) is 28.4 Å². The van der Waals surface area contributed by atoms with Crippen molar-refractivity contribution in [3.8, 4) is 0 Å². The average molecular weight is 374 g/mol. The van der Waals surface area contributed by atoms with E-state index < -0.39 is 5.63 Å². The van der Waals surface area contributed by atoms with Gasteiger partial charge in [0.2, 0.25) is 0 Å². The maximum atomic E-state index is 12.6. The Kier molecular flexibility index (Phi) is 5.18. The topological polar surface area (TPSA) is 76.5 Å². The fourth-order valence-corrected chi connectivity index (χ4v) is 2.98. The highest BCUT2D eigenvalue weighted by molar-refractivity contribution is 5.98. The Labute approximate surface area is 163 Å². The zero-order valence-electron chi connectivity index (χ0n) is 16.2. The summed E-state index contributed by atoms with van der Waals surface area (Å²) < 4.78 is 5.53. The molecular weight excluding hydrogens is 352 g/mol. The van der Waals surface area contributed by atoms with Crippen LogP contribution < -0.4 is 16.3 Å². The van der Waals surface area contributed by atoms with Gasteiger partial charge in [0, 0.05) is 36.8 Å². The van der Waals surface area contributed by atoms with E-state index in [1.807, 2.05) is 56.3 Å². The van der Waals surface area contributed by atoms with Crippen molar-refractivity contribution in [2.45, 2.75) is 6.92 Å². The molecule has 2 aromatic carbocycles. The van der Waals surface area contributed by atoms with Gasteiger partial charge in [-0.2, -0.15) is 0 Å². The molecule has 5 heteroatoms. The highest BCUT2D eigenvalue weighted by atomic mass is 16.4. The van der Waals surface area contributed by atoms with E-state index in [2.05, 4.69) is 6.58 Å². The maximum absolute atomic E-state index is 12.6. The Morgan fingerprint density at radius 3 is 2.36 bits per heavy atom. The molecule has 0 amide bonds. The lowest BCUT2D eigenvalue weighted by Gasteiger charge is -2.14. The number of nitrogens with two attached hydrogens (primary N) is 1. The van der Waals surface area contributed by atoms with E-state index in [0.29, 0.717) is 27.8 Å². The summed E-state index contributed by atoms with van der Waals surface area (Å²) in [4.78, 5) is 25.3. The molecule has 0 saturated carbocycles. The number of hydrogen-bond donors (Lipinski definition) is 1. The molecule has 0 atom stereocenters. The number of aldehydes is 1. The van der Waals surface area contributed by atoms with Gasteiger partial charge in [0.1, 0.15) is 11.9 Å². The minimum absolute atomic E-state index is 0.267. The summed E-state index contributed by atoms with van der Waals surface area (Å²) in [5.41, 5.74) is 10.5. The Hall–Kier alpha value is -3.60. The normalized spacial score (nSPS) is 11.5. The molecule has 0 spiro atoms. The van der Waals surface area contributed by atoms with E-state index in [9.17, 15) is 9.59 Å². The lowest BCUT2D eigenvalue weighted by molar-refractivity contribution is 0.112. The quantitative estimate of drug-likeness (QED) is 0.408. The van der Waals surface area contributed by atoms with Crippen LogP contribution in [-0.4, -0.2) is 20.4 Å². The first-order valence-electron chi connectivity index (χ1n) is 8.78. The zero-order valence-corrected chi connectivity index (χ0v) is 16.2. The lowest BCUT2D eigenvalue weighted by Crippen LogP contribution is -2.12. The highest BCUT2D eigenvalue weighted by Crippen LogP contribution is 2.31. The molecule has 3 aromatic rings. The van der Waals surface area contributed by atoms with Crippen molar-refractivity contribution in [1.29, 1.82) is 0 Å². The second-order valence-electron chi connectivity index (χ2n) is 6.84. The van der Waals surface area contributed by atoms with E-state index >= 15 is 0 Å². The third-order valence-electron chi connectivity index (χ3n) is 4.68. The summed E-state index contributed by atoms with van der Waals surface area (Å²) in [7, 11) is 3.82. The SMILES string of the molecule is C=C(/C(C)=C/c1ccc(C=O)cc1)c1c(N)c2ccc(N(C)C)cc2oc1=O. The van der Waals surface area contributed by atoms with E-state index in [4.69, 9.17) is 10.2 Å². The number of carbonyl (C=O) groups excluding carboxylic acids is 1. The Morgan fingerprint density at radius 1 is 1.11 bits per heavy atom. The molecule has 0 aliphatic carbocycles. The van der Waals surface area contributed by atoms with Crippen LogP contribution in [0.2, 0.25) is 0 Å². The molecule has 1 heterocycles. The number of hydrogen-bond acceptors (Lipinski definition) is 5. The van der Waals surface area contributed by atoms with Crippen LogP contribution in [0.5, 0.6) is 0 Å². The molecule has 142 valence electrons. The molecular formula is C23H22N2O3. The third kappa shape index (κ3) is 3.60. The molecule has 2 N–H and O–H groups in total. The number of fused-ring (bicyclic) bond motifs is 1. The maximum Gasteiger partial charge on any atom is 0.346 e. The first-order chi connectivity index (χ1) is 13.3. The van der Waals surface area contributed by atoms with Crippen molar-refractivity contribution in [3.05, 3.63) is 81.7 Å². The number of benzene rings is 2. The summed E-state index contributed by atoms with van der Waals surface area (Å²) in [5.74, 6) is 0. The second-order valence-corrected chi connectivity index (χ2v) is 6.84. The predicted octanol–water partition coefficient (Wildman–Crippen LogP) is 4.37. The van der Waals surface area contributed by atoms with Gasteiger partial charge < -0.3 is 15.1 Å². The number of rotatable bonds is 5. The smallest absolute Gasteiger partial charge is 0.346 e. The van der Waals surface area contributed by atoms with Crippen molar-refractivity contribution in [2.75, 3.05) is 24.7 Å². The summed E-state index contributed by atoms with van der Waals surface area (Å²) in [5, 5.41) is 0.671. The van der Waals surface area contributed by atoms with Crippen LogP contribution in [0.25, 0.3) is 22.6 Å². The number of anilines is 2. The van der Waals surface area contributed by atoms with Crippen LogP contribution in [0.4, 0.5) is 11.4 Å². The van der Waals surface area contributed by atoms with Gasteiger partial charge in [-0.25, -0.2) is 4.79 Å². The predicted molar refractivity (Wildman–Crippen MR) is 116 cm³/mol. The molecule has 28 heavy (non-hydrogen) atoms. The van der Waals surface area contributed by atoms with Crippen molar-refractivity contribution >= 4 is 40.3 Å². The lowest BCUT2D eigenvalue weighted by atomic mass is 9.97. The minimum Gasteiger partial charge on any atom is -0.422 e. The number of allylic oxidation sites excluding steroid dienone is 2. The summed E-state index contributed by atoms with van der Waals surface area (Å²) in [6.07, 6.45) is 2.68. The van der Waals surface area contributed by atoms with E-state index in [0.717, 1.165) is 23.1 Å². The van der Waals surface area contributed by atoms with Crippen LogP contribution in [0, 0.1) is 0 Å². The van der Waals surface area contributed by atoms with Crippen molar-refractivity contribution in [1.82, 2.24) is 0 Å². The van der Waals surface area contributed by atoms with E-state index in [1.165, 1.54) is 0 Å². The van der Waals surface area contributed by atoms with Crippen molar-refractivity contribution in [2.24, 2.45) is 0 Å². The minimum atomic E-state index is -0.519. The number of nitrogens with zero attached hydrogens (tertiary/aromatic N) is 1. The number of nitrogen functional groups attached to an aromatic ring is 1. The molecule has 0 unspecified atom stereocenters. The monoisotopic (exact) mass is 374 g/mol. The molecule has 0 fully saturated rings. The fraction of sp³-hybridized carbons (Fsp3) is 0.130. The largest absolute Gasteiger partial charge is 0.422 e. The average Bonchev–Trinajstić information content (AvgIpc) is 2.67.